The van der Waals surface area contributed by atoms with Crippen molar-refractivity contribution in [2.45, 2.75) is 0 Å². The molecule has 4 heavy (non-hydrogen) atoms. The molecular formula is BaKMgNa. The molecule has 4 heteroatoms. The summed E-state index contributed by atoms with van der Waals surface area (Å²) in [6.07, 6.45) is 0. The van der Waals surface area contributed by atoms with E-state index in [0.29, 0.717) is 0 Å². The Labute approximate surface area is 148 Å². The first-order chi connectivity index (χ1) is 0. The summed E-state index contributed by atoms with van der Waals surface area (Å²) in [5.41, 5.74) is 0. The fraction of sp³-hybridized carbons (Fsp3) is 0. The van der Waals surface area contributed by atoms with Gasteiger partial charge in [0.15, 0.2) is 0 Å². The van der Waals surface area contributed by atoms with Gasteiger partial charge in [-0.2, -0.15) is 0 Å². The standard InChI is InChI=1S/Ba.K.Mg.Na. The molecule has 0 N–H and O–H groups in total. The maximum atomic E-state index is 0. The molecule has 0 aromatic carbocycles. The Kier molecular flexibility index (Phi) is 90.4. The first-order valence-electron chi connectivity index (χ1n) is 0. The largest absolute Gasteiger partial charge is 0 e. The van der Waals surface area contributed by atoms with Gasteiger partial charge in [0.05, 0.1) is 0 Å². The van der Waals surface area contributed by atoms with Gasteiger partial charge in [0.1, 0.15) is 0 Å². The third-order valence-corrected chi connectivity index (χ3v) is 0. The monoisotopic (exact) mass is 224 g/mol. The van der Waals surface area contributed by atoms with Crippen LogP contribution in [-0.2, 0) is 0 Å². The summed E-state index contributed by atoms with van der Waals surface area (Å²) in [6, 6.07) is 0. The molecule has 0 fully saturated rings. The fourth-order valence-electron chi connectivity index (χ4n) is 0. The molecule has 0 aliphatic heterocycles. The van der Waals surface area contributed by atoms with Gasteiger partial charge >= 0.3 is 0 Å². The molecule has 0 atom stereocenters. The average Bonchev–Trinajstić information content (AvgIpc) is 0. The van der Waals surface area contributed by atoms with E-state index < -0.39 is 0 Å². The van der Waals surface area contributed by atoms with Gasteiger partial charge in [-0.05, 0) is 0 Å². The Balaban J connectivity index is 0. The van der Waals surface area contributed by atoms with E-state index in [0.717, 1.165) is 0 Å². The molecule has 6 radical (unpaired) electrons. The van der Waals surface area contributed by atoms with Crippen LogP contribution < -0.4 is 0 Å². The van der Waals surface area contributed by atoms with E-state index in [1.54, 1.807) is 0 Å². The molecule has 0 saturated carbocycles. The van der Waals surface area contributed by atoms with Crippen LogP contribution in [0.1, 0.15) is 0 Å². The number of hydrogen-bond donors (Lipinski definition) is 0. The van der Waals surface area contributed by atoms with Crippen molar-refractivity contribution in [1.82, 2.24) is 0 Å². The van der Waals surface area contributed by atoms with E-state index >= 15 is 0 Å². The fourth-order valence-corrected chi connectivity index (χ4v) is 0. The summed E-state index contributed by atoms with van der Waals surface area (Å²) in [6.45, 7) is 0. The van der Waals surface area contributed by atoms with Crippen molar-refractivity contribution < 1.29 is 0 Å². The van der Waals surface area contributed by atoms with Gasteiger partial charge < -0.3 is 0 Å². The van der Waals surface area contributed by atoms with E-state index in [1.165, 1.54) is 0 Å². The summed E-state index contributed by atoms with van der Waals surface area (Å²) < 4.78 is 0. The summed E-state index contributed by atoms with van der Waals surface area (Å²) in [7, 11) is 0. The van der Waals surface area contributed by atoms with Gasteiger partial charge in [0.25, 0.3) is 0 Å². The van der Waals surface area contributed by atoms with Crippen LogP contribution in [0.3, 0.4) is 0 Å². The number of rotatable bonds is 0. The minimum atomic E-state index is 0. The second-order valence-electron chi connectivity index (χ2n) is 0. The van der Waals surface area contributed by atoms with Gasteiger partial charge in [-0.3, -0.25) is 0 Å². The third kappa shape index (κ3) is 10.1. The van der Waals surface area contributed by atoms with Crippen molar-refractivity contribution in [3.05, 3.63) is 0 Å². The Bertz CT molecular complexity index is 8.00. The van der Waals surface area contributed by atoms with Crippen molar-refractivity contribution >= 4 is 153 Å². The molecule has 0 saturated heterocycles. The molecule has 0 aliphatic rings. The van der Waals surface area contributed by atoms with Crippen LogP contribution >= 0.6 is 0 Å². The molecule has 0 aromatic heterocycles. The van der Waals surface area contributed by atoms with Gasteiger partial charge in [-0.1, -0.05) is 0 Å². The van der Waals surface area contributed by atoms with Crippen LogP contribution in [0.5, 0.6) is 0 Å². The second kappa shape index (κ2) is 15.7. The Morgan fingerprint density at radius 3 is 1.00 bits per heavy atom. The summed E-state index contributed by atoms with van der Waals surface area (Å²) in [4.78, 5) is 0. The molecule has 0 nitrogen and oxygen atoms in total. The molecule has 0 unspecified atom stereocenters. The molecule has 0 rings (SSSR count). The minimum absolute atomic E-state index is 0. The van der Waals surface area contributed by atoms with Crippen molar-refractivity contribution in [3.63, 3.8) is 0 Å². The van der Waals surface area contributed by atoms with Gasteiger partial charge in [-0.15, -0.1) is 0 Å². The molecule has 0 heterocycles. The van der Waals surface area contributed by atoms with E-state index in [4.69, 9.17) is 0 Å². The van der Waals surface area contributed by atoms with Gasteiger partial charge in [0, 0.05) is 153 Å². The SMILES string of the molecule is [Ba].[K].[Mg].[Na]. The maximum Gasteiger partial charge on any atom is 0 e. The van der Waals surface area contributed by atoms with Gasteiger partial charge in [0.2, 0.25) is 0 Å². The molecule has 0 amide bonds. The van der Waals surface area contributed by atoms with Crippen LogP contribution in [0.4, 0.5) is 0 Å². The van der Waals surface area contributed by atoms with Crippen LogP contribution in [0.25, 0.3) is 0 Å². The quantitative estimate of drug-likeness (QED) is 0.438. The zero-order valence-corrected chi connectivity index (χ0v) is 14.4. The van der Waals surface area contributed by atoms with Crippen LogP contribution in [0.2, 0.25) is 0 Å². The summed E-state index contributed by atoms with van der Waals surface area (Å²) >= 11 is 0. The zero-order valence-electron chi connectivity index (χ0n) is 3.41. The Hall–Kier alpha value is 4.97. The molecule has 0 aromatic rings. The molecule has 0 spiro atoms. The van der Waals surface area contributed by atoms with Crippen LogP contribution in [-0.4, -0.2) is 153 Å². The third-order valence-electron chi connectivity index (χ3n) is 0. The van der Waals surface area contributed by atoms with E-state index in [2.05, 4.69) is 0 Å². The Morgan fingerprint density at radius 2 is 1.00 bits per heavy atom. The topological polar surface area (TPSA) is 0 Å². The first-order valence-corrected chi connectivity index (χ1v) is 0. The predicted molar refractivity (Wildman–Crippen MR) is 23.0 cm³/mol. The van der Waals surface area contributed by atoms with E-state index in [-0.39, 0.29) is 153 Å². The smallest absolute Gasteiger partial charge is 0 e. The Morgan fingerprint density at radius 1 is 1.00 bits per heavy atom. The van der Waals surface area contributed by atoms with E-state index in [9.17, 15) is 0 Å². The van der Waals surface area contributed by atoms with Crippen molar-refractivity contribution in [1.29, 1.82) is 0 Å². The molecule has 0 bridgehead atoms. The predicted octanol–water partition coefficient (Wildman–Crippen LogP) is -1.52. The van der Waals surface area contributed by atoms with Crippen LogP contribution in [0.15, 0.2) is 0 Å². The summed E-state index contributed by atoms with van der Waals surface area (Å²) in [5.74, 6) is 0. The number of hydrogen-bond acceptors (Lipinski definition) is 0. The normalized spacial score (nSPS) is 0. The maximum absolute atomic E-state index is 0. The molecule has 0 aliphatic carbocycles. The molecule has 6 valence electrons. The zero-order chi connectivity index (χ0) is 0. The minimum Gasteiger partial charge on any atom is 0 e. The van der Waals surface area contributed by atoms with Crippen molar-refractivity contribution in [3.8, 4) is 0 Å². The van der Waals surface area contributed by atoms with Crippen molar-refractivity contribution in [2.75, 3.05) is 0 Å². The molecular weight excluding hydrogens is 224 g/mol. The first kappa shape index (κ1) is 23.1. The second-order valence-corrected chi connectivity index (χ2v) is 0. The van der Waals surface area contributed by atoms with Crippen LogP contribution in [0, 0.1) is 0 Å². The van der Waals surface area contributed by atoms with Crippen molar-refractivity contribution in [2.24, 2.45) is 0 Å². The summed E-state index contributed by atoms with van der Waals surface area (Å²) in [5, 5.41) is 0. The average molecular weight is 224 g/mol. The van der Waals surface area contributed by atoms with E-state index in [1.807, 2.05) is 0 Å². The van der Waals surface area contributed by atoms with Gasteiger partial charge in [-0.25, -0.2) is 0 Å².